The van der Waals surface area contributed by atoms with E-state index in [0.717, 1.165) is 29.3 Å². The Labute approximate surface area is 117 Å². The molecule has 1 aliphatic carbocycles. The van der Waals surface area contributed by atoms with E-state index in [1.807, 2.05) is 18.4 Å². The molecule has 1 aromatic heterocycles. The first-order valence-corrected chi connectivity index (χ1v) is 7.52. The highest BCUT2D eigenvalue weighted by Crippen LogP contribution is 2.31. The molecular formula is C15H18N2OS. The van der Waals surface area contributed by atoms with Crippen LogP contribution in [-0.4, -0.2) is 4.98 Å². The topological polar surface area (TPSA) is 48.1 Å². The molecule has 1 heterocycles. The van der Waals surface area contributed by atoms with Crippen molar-refractivity contribution in [1.82, 2.24) is 4.98 Å². The second-order valence-corrected chi connectivity index (χ2v) is 6.07. The minimum atomic E-state index is 0.161. The van der Waals surface area contributed by atoms with Gasteiger partial charge in [-0.05, 0) is 49.4 Å². The molecule has 3 rings (SSSR count). The highest BCUT2D eigenvalue weighted by molar-refractivity contribution is 7.09. The van der Waals surface area contributed by atoms with Crippen LogP contribution in [0.2, 0.25) is 0 Å². The Bertz CT molecular complexity index is 579. The van der Waals surface area contributed by atoms with Crippen LogP contribution in [0.3, 0.4) is 0 Å². The smallest absolute Gasteiger partial charge is 0.131 e. The predicted octanol–water partition coefficient (Wildman–Crippen LogP) is 3.37. The van der Waals surface area contributed by atoms with Crippen molar-refractivity contribution in [3.8, 4) is 5.75 Å². The molecule has 100 valence electrons. The molecule has 0 fully saturated rings. The van der Waals surface area contributed by atoms with Crippen molar-refractivity contribution >= 4 is 11.3 Å². The van der Waals surface area contributed by atoms with E-state index < -0.39 is 0 Å². The summed E-state index contributed by atoms with van der Waals surface area (Å²) in [6.45, 7) is 2.53. The third kappa shape index (κ3) is 2.80. The third-order valence-electron chi connectivity index (χ3n) is 3.53. The summed E-state index contributed by atoms with van der Waals surface area (Å²) in [5, 5.41) is 3.12. The zero-order valence-electron chi connectivity index (χ0n) is 11.1. The zero-order valence-corrected chi connectivity index (χ0v) is 11.9. The maximum atomic E-state index is 6.16. The van der Waals surface area contributed by atoms with Gasteiger partial charge in [0.15, 0.2) is 0 Å². The molecule has 0 spiro atoms. The largest absolute Gasteiger partial charge is 0.487 e. The highest BCUT2D eigenvalue weighted by Gasteiger charge is 2.17. The normalized spacial score (nSPS) is 18.1. The number of nitrogens with two attached hydrogens (primary N) is 1. The van der Waals surface area contributed by atoms with Crippen LogP contribution < -0.4 is 10.5 Å². The van der Waals surface area contributed by atoms with Gasteiger partial charge in [0.2, 0.25) is 0 Å². The number of ether oxygens (including phenoxy) is 1. The van der Waals surface area contributed by atoms with Gasteiger partial charge in [-0.15, -0.1) is 11.3 Å². The monoisotopic (exact) mass is 274 g/mol. The maximum Gasteiger partial charge on any atom is 0.131 e. The molecule has 0 radical (unpaired) electrons. The average molecular weight is 274 g/mol. The van der Waals surface area contributed by atoms with Crippen LogP contribution >= 0.6 is 11.3 Å². The number of rotatable bonds is 3. The van der Waals surface area contributed by atoms with E-state index in [1.165, 1.54) is 17.5 Å². The Morgan fingerprint density at radius 1 is 1.47 bits per heavy atom. The molecule has 0 saturated heterocycles. The number of benzene rings is 1. The molecule has 19 heavy (non-hydrogen) atoms. The molecule has 3 nitrogen and oxygen atoms in total. The quantitative estimate of drug-likeness (QED) is 0.933. The number of aryl methyl sites for hydroxylation is 2. The van der Waals surface area contributed by atoms with E-state index in [1.54, 1.807) is 11.3 Å². The first-order valence-electron chi connectivity index (χ1n) is 6.64. The molecule has 0 aliphatic heterocycles. The van der Waals surface area contributed by atoms with E-state index in [4.69, 9.17) is 10.5 Å². The predicted molar refractivity (Wildman–Crippen MR) is 77.5 cm³/mol. The summed E-state index contributed by atoms with van der Waals surface area (Å²) in [4.78, 5) is 4.40. The molecule has 0 unspecified atom stereocenters. The first kappa shape index (κ1) is 12.6. The van der Waals surface area contributed by atoms with Crippen molar-refractivity contribution in [3.63, 3.8) is 0 Å². The van der Waals surface area contributed by atoms with E-state index in [2.05, 4.69) is 17.1 Å². The summed E-state index contributed by atoms with van der Waals surface area (Å²) in [7, 11) is 0. The SMILES string of the molecule is Cc1nc(COc2ccc3c(c2)[C@@H](N)CCC3)cs1. The van der Waals surface area contributed by atoms with Gasteiger partial charge in [0.05, 0.1) is 10.7 Å². The average Bonchev–Trinajstić information content (AvgIpc) is 2.83. The Balaban J connectivity index is 1.73. The summed E-state index contributed by atoms with van der Waals surface area (Å²) < 4.78 is 5.81. The Morgan fingerprint density at radius 2 is 2.37 bits per heavy atom. The van der Waals surface area contributed by atoms with Crippen molar-refractivity contribution in [2.75, 3.05) is 0 Å². The minimum absolute atomic E-state index is 0.161. The standard InChI is InChI=1S/C15H18N2OS/c1-10-17-12(9-19-10)8-18-13-6-5-11-3-2-4-15(16)14(11)7-13/h5-7,9,15H,2-4,8,16H2,1H3/t15-/m0/s1. The summed E-state index contributed by atoms with van der Waals surface area (Å²) >= 11 is 1.65. The zero-order chi connectivity index (χ0) is 13.2. The van der Waals surface area contributed by atoms with Crippen molar-refractivity contribution in [1.29, 1.82) is 0 Å². The molecule has 1 aliphatic rings. The van der Waals surface area contributed by atoms with Crippen molar-refractivity contribution < 1.29 is 4.74 Å². The number of aromatic nitrogens is 1. The van der Waals surface area contributed by atoms with Gasteiger partial charge in [0.25, 0.3) is 0 Å². The number of hydrogen-bond donors (Lipinski definition) is 1. The Morgan fingerprint density at radius 3 is 3.16 bits per heavy atom. The van der Waals surface area contributed by atoms with Gasteiger partial charge >= 0.3 is 0 Å². The first-order chi connectivity index (χ1) is 9.22. The maximum absolute atomic E-state index is 6.16. The van der Waals surface area contributed by atoms with Crippen LogP contribution in [0, 0.1) is 6.92 Å². The van der Waals surface area contributed by atoms with Crippen molar-refractivity contribution in [2.45, 2.75) is 38.8 Å². The third-order valence-corrected chi connectivity index (χ3v) is 4.35. The fourth-order valence-corrected chi connectivity index (χ4v) is 3.13. The van der Waals surface area contributed by atoms with Gasteiger partial charge in [0, 0.05) is 11.4 Å². The van der Waals surface area contributed by atoms with Gasteiger partial charge in [0.1, 0.15) is 12.4 Å². The van der Waals surface area contributed by atoms with Gasteiger partial charge in [-0.3, -0.25) is 0 Å². The molecule has 1 atom stereocenters. The van der Waals surface area contributed by atoms with Gasteiger partial charge in [-0.1, -0.05) is 6.07 Å². The van der Waals surface area contributed by atoms with Crippen LogP contribution in [0.25, 0.3) is 0 Å². The van der Waals surface area contributed by atoms with E-state index in [-0.39, 0.29) is 6.04 Å². The Kier molecular flexibility index (Phi) is 3.53. The van der Waals surface area contributed by atoms with Crippen LogP contribution in [0.4, 0.5) is 0 Å². The molecule has 0 amide bonds. The van der Waals surface area contributed by atoms with Gasteiger partial charge in [-0.2, -0.15) is 0 Å². The number of hydrogen-bond acceptors (Lipinski definition) is 4. The van der Waals surface area contributed by atoms with Gasteiger partial charge in [-0.25, -0.2) is 4.98 Å². The van der Waals surface area contributed by atoms with Crippen LogP contribution in [0.15, 0.2) is 23.6 Å². The van der Waals surface area contributed by atoms with Crippen LogP contribution in [0.5, 0.6) is 5.75 Å². The van der Waals surface area contributed by atoms with E-state index in [0.29, 0.717) is 6.61 Å². The van der Waals surface area contributed by atoms with Crippen molar-refractivity contribution in [2.24, 2.45) is 5.73 Å². The lowest BCUT2D eigenvalue weighted by molar-refractivity contribution is 0.301. The van der Waals surface area contributed by atoms with Crippen LogP contribution in [0.1, 0.15) is 40.7 Å². The lowest BCUT2D eigenvalue weighted by atomic mass is 9.88. The van der Waals surface area contributed by atoms with Crippen LogP contribution in [-0.2, 0) is 13.0 Å². The minimum Gasteiger partial charge on any atom is -0.487 e. The fraction of sp³-hybridized carbons (Fsp3) is 0.400. The lowest BCUT2D eigenvalue weighted by Gasteiger charge is -2.22. The van der Waals surface area contributed by atoms with E-state index >= 15 is 0 Å². The number of nitrogens with zero attached hydrogens (tertiary/aromatic N) is 1. The van der Waals surface area contributed by atoms with Gasteiger partial charge < -0.3 is 10.5 Å². The fourth-order valence-electron chi connectivity index (χ4n) is 2.54. The molecule has 1 aromatic carbocycles. The van der Waals surface area contributed by atoms with Crippen molar-refractivity contribution in [3.05, 3.63) is 45.4 Å². The number of fused-ring (bicyclic) bond motifs is 1. The second kappa shape index (κ2) is 5.31. The molecule has 0 bridgehead atoms. The summed E-state index contributed by atoms with van der Waals surface area (Å²) in [5.41, 5.74) is 9.77. The summed E-state index contributed by atoms with van der Waals surface area (Å²) in [6.07, 6.45) is 3.39. The molecular weight excluding hydrogens is 256 g/mol. The summed E-state index contributed by atoms with van der Waals surface area (Å²) in [5.74, 6) is 0.891. The molecule has 2 aromatic rings. The summed E-state index contributed by atoms with van der Waals surface area (Å²) in [6, 6.07) is 6.44. The highest BCUT2D eigenvalue weighted by atomic mass is 32.1. The lowest BCUT2D eigenvalue weighted by Crippen LogP contribution is -2.17. The second-order valence-electron chi connectivity index (χ2n) is 5.01. The van der Waals surface area contributed by atoms with E-state index in [9.17, 15) is 0 Å². The Hall–Kier alpha value is -1.39. The number of thiazole rings is 1. The molecule has 0 saturated carbocycles. The molecule has 4 heteroatoms. The molecule has 2 N–H and O–H groups in total.